The fourth-order valence-corrected chi connectivity index (χ4v) is 2.52. The van der Waals surface area contributed by atoms with Gasteiger partial charge in [-0.1, -0.05) is 46.3 Å². The summed E-state index contributed by atoms with van der Waals surface area (Å²) in [4.78, 5) is 2.65. The molecule has 1 saturated heterocycles. The molecule has 1 aliphatic rings. The first-order valence-corrected chi connectivity index (χ1v) is 7.07. The Morgan fingerprint density at radius 1 is 1.35 bits per heavy atom. The van der Waals surface area contributed by atoms with Crippen LogP contribution in [0.1, 0.15) is 47.5 Å². The fourth-order valence-electron chi connectivity index (χ4n) is 2.52. The highest BCUT2D eigenvalue weighted by molar-refractivity contribution is 4.94. The summed E-state index contributed by atoms with van der Waals surface area (Å²) in [6.07, 6.45) is 7.03. The van der Waals surface area contributed by atoms with Crippen molar-refractivity contribution in [3.05, 3.63) is 12.2 Å². The average Bonchev–Trinajstić information content (AvgIpc) is 2.26. The van der Waals surface area contributed by atoms with Gasteiger partial charge in [-0.25, -0.2) is 0 Å². The van der Waals surface area contributed by atoms with Gasteiger partial charge in [0, 0.05) is 31.7 Å². The summed E-state index contributed by atoms with van der Waals surface area (Å²) in [7, 11) is 0. The minimum Gasteiger partial charge on any atom is -0.311 e. The molecule has 2 unspecified atom stereocenters. The molecule has 0 spiro atoms. The molecule has 0 radical (unpaired) electrons. The Balaban J connectivity index is 2.62. The molecule has 2 nitrogen and oxygen atoms in total. The van der Waals surface area contributed by atoms with E-state index < -0.39 is 0 Å². The standard InChI is InChI=1S/C15H30N2/c1-6-8-10-17-12-14(15(3,4)5)16-11-13(17)9-7-2/h6,8,13-14,16H,7,9-12H2,1-5H3/b8-6+. The molecule has 17 heavy (non-hydrogen) atoms. The quantitative estimate of drug-likeness (QED) is 0.757. The molecule has 0 bridgehead atoms. The summed E-state index contributed by atoms with van der Waals surface area (Å²) >= 11 is 0. The van der Waals surface area contributed by atoms with E-state index in [1.165, 1.54) is 19.4 Å². The van der Waals surface area contributed by atoms with Gasteiger partial charge in [0.15, 0.2) is 0 Å². The third-order valence-electron chi connectivity index (χ3n) is 3.78. The van der Waals surface area contributed by atoms with Crippen molar-refractivity contribution in [2.24, 2.45) is 5.41 Å². The molecule has 1 aliphatic heterocycles. The molecule has 0 aromatic rings. The van der Waals surface area contributed by atoms with Crippen molar-refractivity contribution in [3.63, 3.8) is 0 Å². The highest BCUT2D eigenvalue weighted by Crippen LogP contribution is 2.24. The van der Waals surface area contributed by atoms with Crippen molar-refractivity contribution in [2.45, 2.75) is 59.5 Å². The summed E-state index contributed by atoms with van der Waals surface area (Å²) in [5.41, 5.74) is 0.353. The summed E-state index contributed by atoms with van der Waals surface area (Å²) in [5, 5.41) is 3.73. The van der Waals surface area contributed by atoms with Gasteiger partial charge in [-0.2, -0.15) is 0 Å². The Hall–Kier alpha value is -0.340. The molecule has 1 heterocycles. The Labute approximate surface area is 107 Å². The van der Waals surface area contributed by atoms with E-state index in [1.54, 1.807) is 0 Å². The fraction of sp³-hybridized carbons (Fsp3) is 0.867. The van der Waals surface area contributed by atoms with Gasteiger partial charge in [0.2, 0.25) is 0 Å². The minimum absolute atomic E-state index is 0.353. The lowest BCUT2D eigenvalue weighted by molar-refractivity contribution is 0.0910. The van der Waals surface area contributed by atoms with Crippen molar-refractivity contribution in [1.82, 2.24) is 10.2 Å². The van der Waals surface area contributed by atoms with Gasteiger partial charge in [-0.05, 0) is 18.8 Å². The smallest absolute Gasteiger partial charge is 0.0244 e. The SMILES string of the molecule is C/C=C/CN1CC(C(C)(C)C)NCC1CCC. The Kier molecular flexibility index (Phi) is 5.68. The zero-order chi connectivity index (χ0) is 12.9. The maximum atomic E-state index is 3.73. The van der Waals surface area contributed by atoms with E-state index in [2.05, 4.69) is 57.0 Å². The maximum absolute atomic E-state index is 3.73. The van der Waals surface area contributed by atoms with Crippen LogP contribution in [0.5, 0.6) is 0 Å². The Morgan fingerprint density at radius 3 is 2.59 bits per heavy atom. The molecular weight excluding hydrogens is 208 g/mol. The number of allylic oxidation sites excluding steroid dienone is 1. The van der Waals surface area contributed by atoms with Crippen LogP contribution in [0, 0.1) is 5.41 Å². The van der Waals surface area contributed by atoms with Crippen LogP contribution in [0.25, 0.3) is 0 Å². The molecule has 100 valence electrons. The Bertz CT molecular complexity index is 240. The summed E-state index contributed by atoms with van der Waals surface area (Å²) in [5.74, 6) is 0. The maximum Gasteiger partial charge on any atom is 0.0244 e. The zero-order valence-corrected chi connectivity index (χ0v) is 12.3. The number of rotatable bonds is 4. The van der Waals surface area contributed by atoms with E-state index in [0.29, 0.717) is 11.5 Å². The van der Waals surface area contributed by atoms with E-state index >= 15 is 0 Å². The lowest BCUT2D eigenvalue weighted by Gasteiger charge is -2.44. The molecule has 2 heteroatoms. The number of hydrogen-bond donors (Lipinski definition) is 1. The normalized spacial score (nSPS) is 27.8. The van der Waals surface area contributed by atoms with Crippen LogP contribution in [-0.2, 0) is 0 Å². The largest absolute Gasteiger partial charge is 0.311 e. The van der Waals surface area contributed by atoms with E-state index in [-0.39, 0.29) is 0 Å². The zero-order valence-electron chi connectivity index (χ0n) is 12.3. The van der Waals surface area contributed by atoms with E-state index in [1.807, 2.05) is 0 Å². The van der Waals surface area contributed by atoms with Crippen molar-refractivity contribution < 1.29 is 0 Å². The molecule has 0 aromatic carbocycles. The highest BCUT2D eigenvalue weighted by atomic mass is 15.2. The van der Waals surface area contributed by atoms with Gasteiger partial charge in [0.25, 0.3) is 0 Å². The monoisotopic (exact) mass is 238 g/mol. The van der Waals surface area contributed by atoms with Crippen LogP contribution < -0.4 is 5.32 Å². The van der Waals surface area contributed by atoms with Gasteiger partial charge in [-0.3, -0.25) is 4.90 Å². The number of nitrogens with zero attached hydrogens (tertiary/aromatic N) is 1. The molecule has 1 N–H and O–H groups in total. The van der Waals surface area contributed by atoms with Gasteiger partial charge in [-0.15, -0.1) is 0 Å². The third kappa shape index (κ3) is 4.44. The first-order chi connectivity index (χ1) is 7.99. The van der Waals surface area contributed by atoms with Crippen molar-refractivity contribution in [2.75, 3.05) is 19.6 Å². The second-order valence-corrected chi connectivity index (χ2v) is 6.29. The molecule has 1 rings (SSSR count). The molecule has 0 aliphatic carbocycles. The molecule has 1 fully saturated rings. The van der Waals surface area contributed by atoms with Gasteiger partial charge >= 0.3 is 0 Å². The predicted octanol–water partition coefficient (Wildman–Crippen LogP) is 3.05. The van der Waals surface area contributed by atoms with Crippen molar-refractivity contribution in [3.8, 4) is 0 Å². The minimum atomic E-state index is 0.353. The third-order valence-corrected chi connectivity index (χ3v) is 3.78. The van der Waals surface area contributed by atoms with Gasteiger partial charge < -0.3 is 5.32 Å². The van der Waals surface area contributed by atoms with Crippen LogP contribution in [0.2, 0.25) is 0 Å². The van der Waals surface area contributed by atoms with Crippen molar-refractivity contribution >= 4 is 0 Å². The first-order valence-electron chi connectivity index (χ1n) is 7.07. The van der Waals surface area contributed by atoms with E-state index in [0.717, 1.165) is 19.1 Å². The second-order valence-electron chi connectivity index (χ2n) is 6.29. The number of nitrogens with one attached hydrogen (secondary N) is 1. The summed E-state index contributed by atoms with van der Waals surface area (Å²) < 4.78 is 0. The average molecular weight is 238 g/mol. The highest BCUT2D eigenvalue weighted by Gasteiger charge is 2.32. The van der Waals surface area contributed by atoms with Crippen LogP contribution in [-0.4, -0.2) is 36.6 Å². The van der Waals surface area contributed by atoms with Crippen LogP contribution in [0.4, 0.5) is 0 Å². The molecule has 0 aromatic heterocycles. The molecular formula is C15H30N2. The van der Waals surface area contributed by atoms with Crippen LogP contribution in [0.3, 0.4) is 0 Å². The second kappa shape index (κ2) is 6.55. The van der Waals surface area contributed by atoms with Crippen LogP contribution >= 0.6 is 0 Å². The number of hydrogen-bond acceptors (Lipinski definition) is 2. The molecule has 2 atom stereocenters. The van der Waals surface area contributed by atoms with Gasteiger partial charge in [0.1, 0.15) is 0 Å². The van der Waals surface area contributed by atoms with Crippen LogP contribution in [0.15, 0.2) is 12.2 Å². The van der Waals surface area contributed by atoms with E-state index in [4.69, 9.17) is 0 Å². The summed E-state index contributed by atoms with van der Waals surface area (Å²) in [6, 6.07) is 1.33. The summed E-state index contributed by atoms with van der Waals surface area (Å²) in [6.45, 7) is 14.8. The topological polar surface area (TPSA) is 15.3 Å². The van der Waals surface area contributed by atoms with E-state index in [9.17, 15) is 0 Å². The Morgan fingerprint density at radius 2 is 2.06 bits per heavy atom. The lowest BCUT2D eigenvalue weighted by Crippen LogP contribution is -2.60. The van der Waals surface area contributed by atoms with Gasteiger partial charge in [0.05, 0.1) is 0 Å². The molecule has 0 saturated carbocycles. The number of piperazine rings is 1. The first kappa shape index (κ1) is 14.7. The predicted molar refractivity (Wildman–Crippen MR) is 76.3 cm³/mol. The molecule has 0 amide bonds. The van der Waals surface area contributed by atoms with Crippen molar-refractivity contribution in [1.29, 1.82) is 0 Å². The lowest BCUT2D eigenvalue weighted by atomic mass is 9.84.